The fourth-order valence-corrected chi connectivity index (χ4v) is 2.01. The quantitative estimate of drug-likeness (QED) is 0.761. The van der Waals surface area contributed by atoms with Crippen LogP contribution in [0, 0.1) is 5.82 Å². The van der Waals surface area contributed by atoms with Gasteiger partial charge < -0.3 is 10.4 Å². The lowest BCUT2D eigenvalue weighted by atomic mass is 10.0. The number of carboxylic acid groups (broad SMARTS) is 1. The third kappa shape index (κ3) is 3.91. The molecule has 0 unspecified atom stereocenters. The standard InChI is InChI=1S/C15H16FN3O3/c1-2-11-7-13(19-18-11)15(22)17-12(8-14(20)21)9-3-5-10(16)6-4-9/h3-7,12H,2,8H2,1H3,(H,17,22)(H,18,19)(H,20,21)/t12-/m0/s1. The van der Waals surface area contributed by atoms with Gasteiger partial charge >= 0.3 is 5.97 Å². The summed E-state index contributed by atoms with van der Waals surface area (Å²) in [5.41, 5.74) is 1.51. The number of carbonyl (C=O) groups is 2. The van der Waals surface area contributed by atoms with Crippen LogP contribution in [0.15, 0.2) is 30.3 Å². The van der Waals surface area contributed by atoms with E-state index in [0.29, 0.717) is 12.0 Å². The molecule has 3 N–H and O–H groups in total. The number of carbonyl (C=O) groups excluding carboxylic acids is 1. The monoisotopic (exact) mass is 305 g/mol. The molecule has 0 spiro atoms. The Bertz CT molecular complexity index is 667. The number of aromatic amines is 1. The number of aromatic nitrogens is 2. The number of nitrogens with one attached hydrogen (secondary N) is 2. The molecule has 0 aliphatic heterocycles. The van der Waals surface area contributed by atoms with Crippen molar-refractivity contribution in [1.29, 1.82) is 0 Å². The number of hydrogen-bond donors (Lipinski definition) is 3. The molecule has 0 aliphatic carbocycles. The van der Waals surface area contributed by atoms with Crippen molar-refractivity contribution in [3.8, 4) is 0 Å². The van der Waals surface area contributed by atoms with Crippen LogP contribution in [-0.2, 0) is 11.2 Å². The number of rotatable bonds is 6. The van der Waals surface area contributed by atoms with Crippen LogP contribution in [0.25, 0.3) is 0 Å². The Balaban J connectivity index is 2.17. The van der Waals surface area contributed by atoms with Gasteiger partial charge in [0, 0.05) is 5.69 Å². The van der Waals surface area contributed by atoms with Crippen molar-refractivity contribution < 1.29 is 19.1 Å². The number of carboxylic acids is 1. The van der Waals surface area contributed by atoms with E-state index in [1.54, 1.807) is 6.07 Å². The molecule has 1 aromatic carbocycles. The van der Waals surface area contributed by atoms with Crippen molar-refractivity contribution in [2.75, 3.05) is 0 Å². The highest BCUT2D eigenvalue weighted by molar-refractivity contribution is 5.92. The van der Waals surface area contributed by atoms with Gasteiger partial charge in [-0.25, -0.2) is 4.39 Å². The molecule has 0 radical (unpaired) electrons. The summed E-state index contributed by atoms with van der Waals surface area (Å²) in [7, 11) is 0. The number of amides is 1. The van der Waals surface area contributed by atoms with Crippen molar-refractivity contribution in [2.45, 2.75) is 25.8 Å². The Kier molecular flexibility index (Phi) is 4.88. The maximum Gasteiger partial charge on any atom is 0.305 e. The molecule has 0 fully saturated rings. The summed E-state index contributed by atoms with van der Waals surface area (Å²) >= 11 is 0. The second kappa shape index (κ2) is 6.84. The summed E-state index contributed by atoms with van der Waals surface area (Å²) in [4.78, 5) is 23.1. The predicted molar refractivity (Wildman–Crippen MR) is 76.8 cm³/mol. The first-order valence-electron chi connectivity index (χ1n) is 6.82. The summed E-state index contributed by atoms with van der Waals surface area (Å²) in [6.45, 7) is 1.92. The Morgan fingerprint density at radius 2 is 2.05 bits per heavy atom. The molecule has 0 aliphatic rings. The van der Waals surface area contributed by atoms with Crippen LogP contribution in [0.3, 0.4) is 0 Å². The summed E-state index contributed by atoms with van der Waals surface area (Å²) in [6, 6.07) is 6.20. The number of hydrogen-bond acceptors (Lipinski definition) is 3. The normalized spacial score (nSPS) is 11.9. The minimum Gasteiger partial charge on any atom is -0.481 e. The van der Waals surface area contributed by atoms with Gasteiger partial charge in [-0.15, -0.1) is 0 Å². The molecular formula is C15H16FN3O3. The molecule has 116 valence electrons. The van der Waals surface area contributed by atoms with Gasteiger partial charge in [0.1, 0.15) is 11.5 Å². The molecular weight excluding hydrogens is 289 g/mol. The largest absolute Gasteiger partial charge is 0.481 e. The third-order valence-corrected chi connectivity index (χ3v) is 3.20. The molecule has 2 rings (SSSR count). The van der Waals surface area contributed by atoms with Gasteiger partial charge in [0.05, 0.1) is 12.5 Å². The second-order valence-electron chi connectivity index (χ2n) is 4.81. The number of halogens is 1. The average Bonchev–Trinajstić information content (AvgIpc) is 2.96. The zero-order chi connectivity index (χ0) is 16.1. The van der Waals surface area contributed by atoms with Crippen molar-refractivity contribution in [2.24, 2.45) is 0 Å². The summed E-state index contributed by atoms with van der Waals surface area (Å²) in [6.07, 6.45) is 0.402. The molecule has 6 nitrogen and oxygen atoms in total. The van der Waals surface area contributed by atoms with Crippen LogP contribution in [0.4, 0.5) is 4.39 Å². The lowest BCUT2D eigenvalue weighted by Crippen LogP contribution is -2.30. The fraction of sp³-hybridized carbons (Fsp3) is 0.267. The highest BCUT2D eigenvalue weighted by Gasteiger charge is 2.20. The zero-order valence-electron chi connectivity index (χ0n) is 12.0. The van der Waals surface area contributed by atoms with Crippen LogP contribution >= 0.6 is 0 Å². The van der Waals surface area contributed by atoms with Gasteiger partial charge in [0.15, 0.2) is 0 Å². The van der Waals surface area contributed by atoms with Crippen molar-refractivity contribution >= 4 is 11.9 Å². The molecule has 1 amide bonds. The topological polar surface area (TPSA) is 95.1 Å². The van der Waals surface area contributed by atoms with E-state index in [-0.39, 0.29) is 12.1 Å². The molecule has 7 heteroatoms. The third-order valence-electron chi connectivity index (χ3n) is 3.20. The Hall–Kier alpha value is -2.70. The molecule has 1 heterocycles. The van der Waals surface area contributed by atoms with E-state index in [0.717, 1.165) is 5.69 Å². The van der Waals surface area contributed by atoms with Crippen molar-refractivity contribution in [1.82, 2.24) is 15.5 Å². The highest BCUT2D eigenvalue weighted by atomic mass is 19.1. The zero-order valence-corrected chi connectivity index (χ0v) is 12.0. The molecule has 1 aromatic heterocycles. The van der Waals surface area contributed by atoms with E-state index in [9.17, 15) is 14.0 Å². The number of nitrogens with zero attached hydrogens (tertiary/aromatic N) is 1. The van der Waals surface area contributed by atoms with Gasteiger partial charge in [-0.05, 0) is 30.2 Å². The lowest BCUT2D eigenvalue weighted by molar-refractivity contribution is -0.137. The Morgan fingerprint density at radius 1 is 1.36 bits per heavy atom. The van der Waals surface area contributed by atoms with E-state index < -0.39 is 23.7 Å². The summed E-state index contributed by atoms with van der Waals surface area (Å²) < 4.78 is 13.0. The van der Waals surface area contributed by atoms with Crippen LogP contribution in [0.5, 0.6) is 0 Å². The predicted octanol–water partition coefficient (Wildman–Crippen LogP) is 2.06. The summed E-state index contributed by atoms with van der Waals surface area (Å²) in [5, 5.41) is 18.2. The van der Waals surface area contributed by atoms with Crippen LogP contribution < -0.4 is 5.32 Å². The van der Waals surface area contributed by atoms with Gasteiger partial charge in [0.2, 0.25) is 0 Å². The van der Waals surface area contributed by atoms with E-state index in [4.69, 9.17) is 5.11 Å². The average molecular weight is 305 g/mol. The fourth-order valence-electron chi connectivity index (χ4n) is 2.01. The van der Waals surface area contributed by atoms with E-state index >= 15 is 0 Å². The SMILES string of the molecule is CCc1cc(C(=O)N[C@@H](CC(=O)O)c2ccc(F)cc2)n[nH]1. The molecule has 0 bridgehead atoms. The van der Waals surface area contributed by atoms with Crippen LogP contribution in [0.1, 0.15) is 41.1 Å². The Morgan fingerprint density at radius 3 is 2.59 bits per heavy atom. The minimum absolute atomic E-state index is 0.189. The molecule has 22 heavy (non-hydrogen) atoms. The smallest absolute Gasteiger partial charge is 0.305 e. The van der Waals surface area contributed by atoms with Crippen molar-refractivity contribution in [3.63, 3.8) is 0 Å². The van der Waals surface area contributed by atoms with Gasteiger partial charge in [-0.1, -0.05) is 19.1 Å². The van der Waals surface area contributed by atoms with Crippen molar-refractivity contribution in [3.05, 3.63) is 53.1 Å². The summed E-state index contributed by atoms with van der Waals surface area (Å²) in [5.74, 6) is -1.97. The first-order valence-corrected chi connectivity index (χ1v) is 6.82. The van der Waals surface area contributed by atoms with E-state index in [1.807, 2.05) is 6.92 Å². The molecule has 0 saturated carbocycles. The second-order valence-corrected chi connectivity index (χ2v) is 4.81. The number of H-pyrrole nitrogens is 1. The molecule has 0 saturated heterocycles. The van der Waals surface area contributed by atoms with E-state index in [2.05, 4.69) is 15.5 Å². The number of benzene rings is 1. The Labute approximate surface area is 126 Å². The maximum absolute atomic E-state index is 13.0. The number of aliphatic carboxylic acids is 1. The van der Waals surface area contributed by atoms with Gasteiger partial charge in [-0.3, -0.25) is 14.7 Å². The maximum atomic E-state index is 13.0. The van der Waals surface area contributed by atoms with Crippen LogP contribution in [-0.4, -0.2) is 27.2 Å². The van der Waals surface area contributed by atoms with E-state index in [1.165, 1.54) is 24.3 Å². The number of aryl methyl sites for hydroxylation is 1. The first kappa shape index (κ1) is 15.7. The lowest BCUT2D eigenvalue weighted by Gasteiger charge is -2.16. The first-order chi connectivity index (χ1) is 10.5. The minimum atomic E-state index is -1.06. The van der Waals surface area contributed by atoms with Gasteiger partial charge in [-0.2, -0.15) is 5.10 Å². The van der Waals surface area contributed by atoms with Gasteiger partial charge in [0.25, 0.3) is 5.91 Å². The molecule has 2 aromatic rings. The molecule has 1 atom stereocenters. The highest BCUT2D eigenvalue weighted by Crippen LogP contribution is 2.18. The van der Waals surface area contributed by atoms with Crippen LogP contribution in [0.2, 0.25) is 0 Å².